The molecule has 0 radical (unpaired) electrons. The molecule has 0 spiro atoms. The Labute approximate surface area is 130 Å². The molecule has 2 atom stereocenters. The van der Waals surface area contributed by atoms with E-state index in [-0.39, 0.29) is 0 Å². The van der Waals surface area contributed by atoms with E-state index in [1.807, 2.05) is 0 Å². The van der Waals surface area contributed by atoms with Gasteiger partial charge in [-0.15, -0.1) is 0 Å². The van der Waals surface area contributed by atoms with Gasteiger partial charge in [-0.1, -0.05) is 56.5 Å². The highest BCUT2D eigenvalue weighted by Gasteiger charge is 2.05. The molecule has 0 bridgehead atoms. The maximum absolute atomic E-state index is 5.78. The van der Waals surface area contributed by atoms with Gasteiger partial charge in [-0.05, 0) is 37.2 Å². The van der Waals surface area contributed by atoms with Crippen LogP contribution in [0.4, 0.5) is 0 Å². The van der Waals surface area contributed by atoms with Crippen molar-refractivity contribution in [2.75, 3.05) is 20.3 Å². The first-order valence-corrected chi connectivity index (χ1v) is 8.24. The van der Waals surface area contributed by atoms with Crippen LogP contribution >= 0.6 is 0 Å². The fraction of sp³-hybridized carbons (Fsp3) is 0.684. The van der Waals surface area contributed by atoms with Crippen molar-refractivity contribution in [3.05, 3.63) is 35.4 Å². The summed E-state index contributed by atoms with van der Waals surface area (Å²) >= 11 is 0. The average molecular weight is 292 g/mol. The van der Waals surface area contributed by atoms with Crippen molar-refractivity contribution >= 4 is 0 Å². The van der Waals surface area contributed by atoms with Crippen LogP contribution in [0.3, 0.4) is 0 Å². The van der Waals surface area contributed by atoms with Gasteiger partial charge in [0.05, 0.1) is 6.61 Å². The number of hydrogen-bond donors (Lipinski definition) is 0. The molecule has 0 aromatic heterocycles. The van der Waals surface area contributed by atoms with Gasteiger partial charge in [0.2, 0.25) is 0 Å². The Balaban J connectivity index is 2.02. The monoisotopic (exact) mass is 292 g/mol. The molecule has 2 nitrogen and oxygen atoms in total. The van der Waals surface area contributed by atoms with Crippen molar-refractivity contribution in [2.45, 2.75) is 53.1 Å². The normalized spacial score (nSPS) is 14.1. The quantitative estimate of drug-likeness (QED) is 0.535. The number of aryl methyl sites for hydroxylation is 1. The fourth-order valence-corrected chi connectivity index (χ4v) is 2.49. The Bertz CT molecular complexity index is 358. The van der Waals surface area contributed by atoms with Crippen LogP contribution in [0, 0.1) is 18.8 Å². The molecule has 0 saturated carbocycles. The average Bonchev–Trinajstić information content (AvgIpc) is 2.46. The maximum atomic E-state index is 5.78. The van der Waals surface area contributed by atoms with Crippen LogP contribution in [-0.4, -0.2) is 20.3 Å². The SMILES string of the molecule is COCC(C)CCCC(C)CCOCc1ccc(C)cc1. The van der Waals surface area contributed by atoms with Crippen molar-refractivity contribution in [3.63, 3.8) is 0 Å². The zero-order chi connectivity index (χ0) is 15.5. The summed E-state index contributed by atoms with van der Waals surface area (Å²) in [7, 11) is 1.78. The topological polar surface area (TPSA) is 18.5 Å². The lowest BCUT2D eigenvalue weighted by atomic mass is 9.97. The van der Waals surface area contributed by atoms with E-state index in [9.17, 15) is 0 Å². The maximum Gasteiger partial charge on any atom is 0.0716 e. The first-order valence-electron chi connectivity index (χ1n) is 8.24. The van der Waals surface area contributed by atoms with Gasteiger partial charge in [0, 0.05) is 20.3 Å². The predicted octanol–water partition coefficient (Wildman–Crippen LogP) is 4.99. The molecule has 2 heteroatoms. The minimum absolute atomic E-state index is 0.681. The van der Waals surface area contributed by atoms with Crippen molar-refractivity contribution in [3.8, 4) is 0 Å². The summed E-state index contributed by atoms with van der Waals surface area (Å²) in [5.41, 5.74) is 2.57. The molecule has 1 rings (SSSR count). The van der Waals surface area contributed by atoms with E-state index in [4.69, 9.17) is 9.47 Å². The standard InChI is InChI=1S/C19H32O2/c1-16(6-5-7-18(3)14-20-4)12-13-21-15-19-10-8-17(2)9-11-19/h8-11,16,18H,5-7,12-15H2,1-4H3. The Morgan fingerprint density at radius 3 is 2.29 bits per heavy atom. The zero-order valence-corrected chi connectivity index (χ0v) is 14.2. The minimum atomic E-state index is 0.681. The first-order chi connectivity index (χ1) is 10.1. The molecular formula is C19H32O2. The molecule has 1 aromatic carbocycles. The second-order valence-corrected chi connectivity index (χ2v) is 6.42. The van der Waals surface area contributed by atoms with Crippen LogP contribution in [0.1, 0.15) is 50.7 Å². The highest BCUT2D eigenvalue weighted by Crippen LogP contribution is 2.16. The van der Waals surface area contributed by atoms with Gasteiger partial charge in [-0.25, -0.2) is 0 Å². The second kappa shape index (κ2) is 10.8. The molecule has 0 fully saturated rings. The van der Waals surface area contributed by atoms with Gasteiger partial charge in [-0.3, -0.25) is 0 Å². The summed E-state index contributed by atoms with van der Waals surface area (Å²) in [6.45, 7) is 9.18. The largest absolute Gasteiger partial charge is 0.384 e. The molecule has 1 aromatic rings. The molecule has 0 N–H and O–H groups in total. The van der Waals surface area contributed by atoms with Crippen LogP contribution in [0.15, 0.2) is 24.3 Å². The summed E-state index contributed by atoms with van der Waals surface area (Å²) in [6.07, 6.45) is 5.01. The number of benzene rings is 1. The van der Waals surface area contributed by atoms with E-state index < -0.39 is 0 Å². The van der Waals surface area contributed by atoms with Gasteiger partial charge < -0.3 is 9.47 Å². The highest BCUT2D eigenvalue weighted by molar-refractivity contribution is 5.20. The predicted molar refractivity (Wildman–Crippen MR) is 89.5 cm³/mol. The summed E-state index contributed by atoms with van der Waals surface area (Å²) in [6, 6.07) is 8.58. The van der Waals surface area contributed by atoms with Crippen LogP contribution < -0.4 is 0 Å². The lowest BCUT2D eigenvalue weighted by molar-refractivity contribution is 0.107. The van der Waals surface area contributed by atoms with Crippen molar-refractivity contribution in [2.24, 2.45) is 11.8 Å². The van der Waals surface area contributed by atoms with Crippen molar-refractivity contribution < 1.29 is 9.47 Å². The van der Waals surface area contributed by atoms with Crippen molar-refractivity contribution in [1.29, 1.82) is 0 Å². The molecule has 21 heavy (non-hydrogen) atoms. The van der Waals surface area contributed by atoms with E-state index in [0.29, 0.717) is 5.92 Å². The lowest BCUT2D eigenvalue weighted by Crippen LogP contribution is -2.06. The third-order valence-electron chi connectivity index (χ3n) is 3.99. The Morgan fingerprint density at radius 1 is 0.952 bits per heavy atom. The Morgan fingerprint density at radius 2 is 1.62 bits per heavy atom. The third kappa shape index (κ3) is 8.90. The van der Waals surface area contributed by atoms with Gasteiger partial charge in [0.1, 0.15) is 0 Å². The third-order valence-corrected chi connectivity index (χ3v) is 3.99. The van der Waals surface area contributed by atoms with Gasteiger partial charge in [-0.2, -0.15) is 0 Å². The van der Waals surface area contributed by atoms with E-state index in [1.165, 1.54) is 30.4 Å². The molecule has 2 unspecified atom stereocenters. The molecule has 0 aliphatic heterocycles. The van der Waals surface area contributed by atoms with Crippen LogP contribution in [0.25, 0.3) is 0 Å². The summed E-state index contributed by atoms with van der Waals surface area (Å²) in [5.74, 6) is 1.43. The first kappa shape index (κ1) is 18.2. The Kier molecular flexibility index (Phi) is 9.36. The number of ether oxygens (including phenoxy) is 2. The van der Waals surface area contributed by atoms with Gasteiger partial charge in [0.25, 0.3) is 0 Å². The van der Waals surface area contributed by atoms with E-state index in [0.717, 1.165) is 32.2 Å². The van der Waals surface area contributed by atoms with Crippen LogP contribution in [0.5, 0.6) is 0 Å². The van der Waals surface area contributed by atoms with Gasteiger partial charge in [0.15, 0.2) is 0 Å². The second-order valence-electron chi connectivity index (χ2n) is 6.42. The minimum Gasteiger partial charge on any atom is -0.384 e. The molecular weight excluding hydrogens is 260 g/mol. The molecule has 0 amide bonds. The molecule has 0 aliphatic rings. The highest BCUT2D eigenvalue weighted by atomic mass is 16.5. The number of rotatable bonds is 11. The lowest BCUT2D eigenvalue weighted by Gasteiger charge is -2.14. The van der Waals surface area contributed by atoms with E-state index in [1.54, 1.807) is 7.11 Å². The zero-order valence-electron chi connectivity index (χ0n) is 14.2. The summed E-state index contributed by atoms with van der Waals surface area (Å²) < 4.78 is 10.9. The number of methoxy groups -OCH3 is 1. The van der Waals surface area contributed by atoms with E-state index >= 15 is 0 Å². The molecule has 0 aliphatic carbocycles. The molecule has 120 valence electrons. The number of hydrogen-bond acceptors (Lipinski definition) is 2. The Hall–Kier alpha value is -0.860. The van der Waals surface area contributed by atoms with Crippen molar-refractivity contribution in [1.82, 2.24) is 0 Å². The van der Waals surface area contributed by atoms with E-state index in [2.05, 4.69) is 45.0 Å². The summed E-state index contributed by atoms with van der Waals surface area (Å²) in [5, 5.41) is 0. The molecule has 0 saturated heterocycles. The van der Waals surface area contributed by atoms with Crippen LogP contribution in [-0.2, 0) is 16.1 Å². The fourth-order valence-electron chi connectivity index (χ4n) is 2.49. The van der Waals surface area contributed by atoms with Crippen LogP contribution in [0.2, 0.25) is 0 Å². The summed E-state index contributed by atoms with van der Waals surface area (Å²) in [4.78, 5) is 0. The van der Waals surface area contributed by atoms with Gasteiger partial charge >= 0.3 is 0 Å². The molecule has 0 heterocycles. The smallest absolute Gasteiger partial charge is 0.0716 e.